The second-order valence-corrected chi connectivity index (χ2v) is 3.94. The lowest BCUT2D eigenvalue weighted by Gasteiger charge is -2.22. The molecule has 118 valence electrons. The standard InChI is InChI=1S/C12H12F5NO3/c1-2-20-10(19)11(13,14)9(18)7-3-5-8(6-4-7)21-12(15,16)17/h3-6,9H,2,18H2,1H3/t9-/m1/s1. The lowest BCUT2D eigenvalue weighted by Crippen LogP contribution is -2.41. The molecule has 21 heavy (non-hydrogen) atoms. The molecule has 1 aromatic rings. The molecule has 0 saturated carbocycles. The van der Waals surface area contributed by atoms with Gasteiger partial charge in [-0.25, -0.2) is 4.79 Å². The third-order valence-corrected chi connectivity index (χ3v) is 2.41. The van der Waals surface area contributed by atoms with Gasteiger partial charge in [-0.15, -0.1) is 13.2 Å². The third kappa shape index (κ3) is 4.55. The zero-order valence-electron chi connectivity index (χ0n) is 10.8. The van der Waals surface area contributed by atoms with Crippen LogP contribution in [0.2, 0.25) is 0 Å². The Morgan fingerprint density at radius 1 is 1.19 bits per heavy atom. The van der Waals surface area contributed by atoms with Crippen molar-refractivity contribution in [3.05, 3.63) is 29.8 Å². The van der Waals surface area contributed by atoms with Gasteiger partial charge in [-0.3, -0.25) is 0 Å². The lowest BCUT2D eigenvalue weighted by atomic mass is 10.0. The fourth-order valence-electron chi connectivity index (χ4n) is 1.44. The quantitative estimate of drug-likeness (QED) is 0.671. The molecule has 0 unspecified atom stereocenters. The van der Waals surface area contributed by atoms with Crippen LogP contribution in [0.1, 0.15) is 18.5 Å². The van der Waals surface area contributed by atoms with Crippen molar-refractivity contribution in [3.63, 3.8) is 0 Å². The van der Waals surface area contributed by atoms with E-state index in [1.165, 1.54) is 6.92 Å². The molecule has 0 spiro atoms. The Morgan fingerprint density at radius 3 is 2.14 bits per heavy atom. The Balaban J connectivity index is 2.88. The van der Waals surface area contributed by atoms with E-state index in [-0.39, 0.29) is 12.2 Å². The first-order chi connectivity index (χ1) is 9.58. The lowest BCUT2D eigenvalue weighted by molar-refractivity contribution is -0.274. The molecule has 1 rings (SSSR count). The van der Waals surface area contributed by atoms with E-state index in [0.717, 1.165) is 24.3 Å². The van der Waals surface area contributed by atoms with E-state index in [1.54, 1.807) is 0 Å². The predicted molar refractivity (Wildman–Crippen MR) is 61.6 cm³/mol. The van der Waals surface area contributed by atoms with E-state index < -0.39 is 30.0 Å². The van der Waals surface area contributed by atoms with Crippen molar-refractivity contribution in [2.45, 2.75) is 25.3 Å². The van der Waals surface area contributed by atoms with Gasteiger partial charge < -0.3 is 15.2 Å². The van der Waals surface area contributed by atoms with Crippen LogP contribution < -0.4 is 10.5 Å². The minimum absolute atomic E-state index is 0.234. The first kappa shape index (κ1) is 17.2. The fourth-order valence-corrected chi connectivity index (χ4v) is 1.44. The molecule has 0 bridgehead atoms. The summed E-state index contributed by atoms with van der Waals surface area (Å²) >= 11 is 0. The molecule has 2 N–H and O–H groups in total. The van der Waals surface area contributed by atoms with Gasteiger partial charge in [0.2, 0.25) is 0 Å². The monoisotopic (exact) mass is 313 g/mol. The molecule has 0 radical (unpaired) electrons. The van der Waals surface area contributed by atoms with E-state index in [4.69, 9.17) is 5.73 Å². The van der Waals surface area contributed by atoms with Gasteiger partial charge >= 0.3 is 18.3 Å². The maximum absolute atomic E-state index is 13.6. The second kappa shape index (κ2) is 6.25. The van der Waals surface area contributed by atoms with Crippen molar-refractivity contribution in [1.29, 1.82) is 0 Å². The van der Waals surface area contributed by atoms with Crippen LogP contribution in [0.3, 0.4) is 0 Å². The number of ether oxygens (including phenoxy) is 2. The van der Waals surface area contributed by atoms with E-state index in [9.17, 15) is 26.7 Å². The Bertz CT molecular complexity index is 487. The van der Waals surface area contributed by atoms with Crippen LogP contribution in [0.5, 0.6) is 5.75 Å². The maximum atomic E-state index is 13.6. The third-order valence-electron chi connectivity index (χ3n) is 2.41. The summed E-state index contributed by atoms with van der Waals surface area (Å²) in [6, 6.07) is 1.43. The Hall–Kier alpha value is -1.90. The molecule has 0 heterocycles. The highest BCUT2D eigenvalue weighted by atomic mass is 19.4. The number of hydrogen-bond acceptors (Lipinski definition) is 4. The molecule has 0 aliphatic carbocycles. The summed E-state index contributed by atoms with van der Waals surface area (Å²) in [5.41, 5.74) is 5.03. The molecular weight excluding hydrogens is 301 g/mol. The van der Waals surface area contributed by atoms with E-state index in [2.05, 4.69) is 9.47 Å². The van der Waals surface area contributed by atoms with E-state index >= 15 is 0 Å². The minimum atomic E-state index is -4.89. The molecule has 0 saturated heterocycles. The molecule has 0 aromatic heterocycles. The molecule has 0 amide bonds. The van der Waals surface area contributed by atoms with E-state index in [0.29, 0.717) is 0 Å². The van der Waals surface area contributed by atoms with Gasteiger partial charge in [0.1, 0.15) is 11.8 Å². The molecule has 0 aliphatic rings. The number of alkyl halides is 5. The summed E-state index contributed by atoms with van der Waals surface area (Å²) in [4.78, 5) is 11.1. The van der Waals surface area contributed by atoms with Gasteiger partial charge in [0.15, 0.2) is 0 Å². The molecule has 1 aromatic carbocycles. The summed E-state index contributed by atoms with van der Waals surface area (Å²) in [5, 5.41) is 0. The molecule has 9 heteroatoms. The van der Waals surface area contributed by atoms with Crippen LogP contribution in [0.15, 0.2) is 24.3 Å². The zero-order chi connectivity index (χ0) is 16.3. The van der Waals surface area contributed by atoms with Crippen LogP contribution in [0, 0.1) is 0 Å². The van der Waals surface area contributed by atoms with Gasteiger partial charge in [-0.05, 0) is 24.6 Å². The van der Waals surface area contributed by atoms with Crippen molar-refractivity contribution in [1.82, 2.24) is 0 Å². The van der Waals surface area contributed by atoms with Gasteiger partial charge in [0.25, 0.3) is 0 Å². The first-order valence-corrected chi connectivity index (χ1v) is 5.74. The highest BCUT2D eigenvalue weighted by Gasteiger charge is 2.47. The molecule has 0 aliphatic heterocycles. The van der Waals surface area contributed by atoms with Crippen LogP contribution in [-0.2, 0) is 9.53 Å². The number of carbonyl (C=O) groups excluding carboxylic acids is 1. The van der Waals surface area contributed by atoms with Crippen molar-refractivity contribution < 1.29 is 36.2 Å². The van der Waals surface area contributed by atoms with Crippen LogP contribution in [-0.4, -0.2) is 24.9 Å². The number of benzene rings is 1. The highest BCUT2D eigenvalue weighted by molar-refractivity contribution is 5.78. The molecule has 0 fully saturated rings. The number of hydrogen-bond donors (Lipinski definition) is 1. The Morgan fingerprint density at radius 2 is 1.71 bits per heavy atom. The van der Waals surface area contributed by atoms with Gasteiger partial charge in [0, 0.05) is 0 Å². The topological polar surface area (TPSA) is 61.5 Å². The Kier molecular flexibility index (Phi) is 5.10. The normalized spacial score (nSPS) is 13.7. The zero-order valence-corrected chi connectivity index (χ0v) is 10.8. The first-order valence-electron chi connectivity index (χ1n) is 5.74. The molecular formula is C12H12F5NO3. The maximum Gasteiger partial charge on any atom is 0.573 e. The highest BCUT2D eigenvalue weighted by Crippen LogP contribution is 2.32. The van der Waals surface area contributed by atoms with Crippen LogP contribution in [0.25, 0.3) is 0 Å². The average Bonchev–Trinajstić information content (AvgIpc) is 2.37. The molecule has 1 atom stereocenters. The number of esters is 1. The van der Waals surface area contributed by atoms with Crippen LogP contribution >= 0.6 is 0 Å². The van der Waals surface area contributed by atoms with Crippen molar-refractivity contribution >= 4 is 5.97 Å². The van der Waals surface area contributed by atoms with Gasteiger partial charge in [-0.1, -0.05) is 12.1 Å². The molecule has 4 nitrogen and oxygen atoms in total. The smallest absolute Gasteiger partial charge is 0.462 e. The van der Waals surface area contributed by atoms with Gasteiger partial charge in [0.05, 0.1) is 6.61 Å². The van der Waals surface area contributed by atoms with Crippen molar-refractivity contribution in [2.75, 3.05) is 6.61 Å². The summed E-state index contributed by atoms with van der Waals surface area (Å²) in [6.07, 6.45) is -4.89. The fraction of sp³-hybridized carbons (Fsp3) is 0.417. The number of carbonyl (C=O) groups is 1. The van der Waals surface area contributed by atoms with Gasteiger partial charge in [-0.2, -0.15) is 8.78 Å². The van der Waals surface area contributed by atoms with E-state index in [1.807, 2.05) is 0 Å². The average molecular weight is 313 g/mol. The number of rotatable bonds is 5. The SMILES string of the molecule is CCOC(=O)C(F)(F)[C@H](N)c1ccc(OC(F)(F)F)cc1. The summed E-state index contributed by atoms with van der Waals surface area (Å²) in [7, 11) is 0. The summed E-state index contributed by atoms with van der Waals surface area (Å²) in [5.74, 6) is -6.38. The second-order valence-electron chi connectivity index (χ2n) is 3.94. The predicted octanol–water partition coefficient (Wildman–Crippen LogP) is 2.78. The summed E-state index contributed by atoms with van der Waals surface area (Å²) < 4.78 is 70.9. The largest absolute Gasteiger partial charge is 0.573 e. The minimum Gasteiger partial charge on any atom is -0.462 e. The number of nitrogens with two attached hydrogens (primary N) is 1. The van der Waals surface area contributed by atoms with Crippen molar-refractivity contribution in [2.24, 2.45) is 5.73 Å². The Labute approximate surface area is 116 Å². The summed E-state index contributed by atoms with van der Waals surface area (Å²) in [6.45, 7) is 1.10. The number of halogens is 5. The van der Waals surface area contributed by atoms with Crippen LogP contribution in [0.4, 0.5) is 22.0 Å². The van der Waals surface area contributed by atoms with Crippen molar-refractivity contribution in [3.8, 4) is 5.75 Å².